The molecule has 1 aromatic carbocycles. The third kappa shape index (κ3) is 5.29. The van der Waals surface area contributed by atoms with Crippen LogP contribution in [-0.2, 0) is 0 Å². The average molecular weight is 342 g/mol. The SMILES string of the molecule is COc1ccccc1NC(=O)c1cc(C(=O)NCCN(C)C)ccn1. The number of nitrogens with one attached hydrogen (secondary N) is 2. The summed E-state index contributed by atoms with van der Waals surface area (Å²) in [5.41, 5.74) is 1.09. The predicted molar refractivity (Wildman–Crippen MR) is 96.1 cm³/mol. The maximum absolute atomic E-state index is 12.4. The lowest BCUT2D eigenvalue weighted by atomic mass is 10.2. The molecule has 0 radical (unpaired) electrons. The van der Waals surface area contributed by atoms with Crippen LogP contribution in [0.1, 0.15) is 20.8 Å². The molecular weight excluding hydrogens is 320 g/mol. The van der Waals surface area contributed by atoms with Crippen molar-refractivity contribution in [2.24, 2.45) is 0 Å². The van der Waals surface area contributed by atoms with Crippen molar-refractivity contribution in [3.8, 4) is 5.75 Å². The van der Waals surface area contributed by atoms with E-state index in [0.717, 1.165) is 6.54 Å². The Bertz CT molecular complexity index is 747. The maximum Gasteiger partial charge on any atom is 0.274 e. The smallest absolute Gasteiger partial charge is 0.274 e. The Morgan fingerprint density at radius 2 is 1.92 bits per heavy atom. The van der Waals surface area contributed by atoms with Crippen LogP contribution < -0.4 is 15.4 Å². The highest BCUT2D eigenvalue weighted by Crippen LogP contribution is 2.23. The van der Waals surface area contributed by atoms with E-state index in [0.29, 0.717) is 23.5 Å². The van der Waals surface area contributed by atoms with Crippen LogP contribution in [-0.4, -0.2) is 56.0 Å². The van der Waals surface area contributed by atoms with Gasteiger partial charge in [0.15, 0.2) is 0 Å². The first-order valence-corrected chi connectivity index (χ1v) is 7.84. The number of anilines is 1. The minimum atomic E-state index is -0.410. The van der Waals surface area contributed by atoms with E-state index in [9.17, 15) is 9.59 Å². The van der Waals surface area contributed by atoms with Gasteiger partial charge in [-0.15, -0.1) is 0 Å². The van der Waals surface area contributed by atoms with E-state index >= 15 is 0 Å². The van der Waals surface area contributed by atoms with Gasteiger partial charge in [-0.05, 0) is 38.4 Å². The van der Waals surface area contributed by atoms with Crippen LogP contribution in [0.4, 0.5) is 5.69 Å². The van der Waals surface area contributed by atoms with Crippen LogP contribution in [0.2, 0.25) is 0 Å². The highest BCUT2D eigenvalue weighted by molar-refractivity contribution is 6.05. The third-order valence-electron chi connectivity index (χ3n) is 3.45. The Hall–Kier alpha value is -2.93. The molecule has 2 amide bonds. The fourth-order valence-corrected chi connectivity index (χ4v) is 2.13. The summed E-state index contributed by atoms with van der Waals surface area (Å²) in [7, 11) is 5.39. The molecule has 132 valence electrons. The molecule has 0 aliphatic carbocycles. The minimum absolute atomic E-state index is 0.158. The highest BCUT2D eigenvalue weighted by atomic mass is 16.5. The number of pyridine rings is 1. The molecule has 0 spiro atoms. The molecule has 0 atom stereocenters. The molecule has 0 unspecified atom stereocenters. The van der Waals surface area contributed by atoms with Gasteiger partial charge >= 0.3 is 0 Å². The summed E-state index contributed by atoms with van der Waals surface area (Å²) >= 11 is 0. The number of likely N-dealkylation sites (N-methyl/N-ethyl adjacent to an activating group) is 1. The fourth-order valence-electron chi connectivity index (χ4n) is 2.13. The van der Waals surface area contributed by atoms with Crippen molar-refractivity contribution < 1.29 is 14.3 Å². The van der Waals surface area contributed by atoms with Crippen molar-refractivity contribution in [1.29, 1.82) is 0 Å². The second kappa shape index (κ2) is 8.79. The number of carbonyl (C=O) groups excluding carboxylic acids is 2. The van der Waals surface area contributed by atoms with E-state index in [1.807, 2.05) is 25.1 Å². The predicted octanol–water partition coefficient (Wildman–Crippen LogP) is 1.63. The number of hydrogen-bond acceptors (Lipinski definition) is 5. The van der Waals surface area contributed by atoms with Crippen molar-refractivity contribution in [3.05, 3.63) is 53.9 Å². The van der Waals surface area contributed by atoms with Gasteiger partial charge in [0.25, 0.3) is 11.8 Å². The average Bonchev–Trinajstić information content (AvgIpc) is 2.61. The van der Waals surface area contributed by atoms with Crippen molar-refractivity contribution in [1.82, 2.24) is 15.2 Å². The Balaban J connectivity index is 2.07. The zero-order valence-corrected chi connectivity index (χ0v) is 14.6. The van der Waals surface area contributed by atoms with Crippen LogP contribution >= 0.6 is 0 Å². The lowest BCUT2D eigenvalue weighted by molar-refractivity contribution is 0.0951. The van der Waals surface area contributed by atoms with Gasteiger partial charge < -0.3 is 20.3 Å². The molecule has 7 heteroatoms. The van der Waals surface area contributed by atoms with E-state index in [2.05, 4.69) is 15.6 Å². The first kappa shape index (κ1) is 18.4. The van der Waals surface area contributed by atoms with Gasteiger partial charge in [0.1, 0.15) is 11.4 Å². The standard InChI is InChI=1S/C18H22N4O3/c1-22(2)11-10-20-17(23)13-8-9-19-15(12-13)18(24)21-14-6-4-5-7-16(14)25-3/h4-9,12H,10-11H2,1-3H3,(H,20,23)(H,21,24). The van der Waals surface area contributed by atoms with Crippen LogP contribution in [0.25, 0.3) is 0 Å². The Kier molecular flexibility index (Phi) is 6.47. The lowest BCUT2D eigenvalue weighted by Crippen LogP contribution is -2.31. The molecule has 7 nitrogen and oxygen atoms in total. The Morgan fingerprint density at radius 1 is 1.16 bits per heavy atom. The van der Waals surface area contributed by atoms with Crippen molar-refractivity contribution in [2.75, 3.05) is 39.6 Å². The number of aromatic nitrogens is 1. The molecule has 25 heavy (non-hydrogen) atoms. The number of nitrogens with zero attached hydrogens (tertiary/aromatic N) is 2. The molecule has 2 aromatic rings. The molecule has 1 aromatic heterocycles. The zero-order valence-electron chi connectivity index (χ0n) is 14.6. The van der Waals surface area contributed by atoms with Crippen LogP contribution in [0, 0.1) is 0 Å². The summed E-state index contributed by atoms with van der Waals surface area (Å²) < 4.78 is 5.20. The van der Waals surface area contributed by atoms with Crippen LogP contribution in [0.5, 0.6) is 5.75 Å². The van der Waals surface area contributed by atoms with Gasteiger partial charge in [0.05, 0.1) is 12.8 Å². The molecule has 0 bridgehead atoms. The topological polar surface area (TPSA) is 83.6 Å². The summed E-state index contributed by atoms with van der Waals surface area (Å²) in [6.07, 6.45) is 1.44. The number of amides is 2. The molecule has 2 rings (SSSR count). The molecule has 0 aliphatic rings. The fraction of sp³-hybridized carbons (Fsp3) is 0.278. The Morgan fingerprint density at radius 3 is 2.64 bits per heavy atom. The monoisotopic (exact) mass is 342 g/mol. The largest absolute Gasteiger partial charge is 0.495 e. The van der Waals surface area contributed by atoms with Crippen molar-refractivity contribution in [2.45, 2.75) is 0 Å². The van der Waals surface area contributed by atoms with E-state index < -0.39 is 5.91 Å². The summed E-state index contributed by atoms with van der Waals surface area (Å²) in [6, 6.07) is 10.1. The first-order chi connectivity index (χ1) is 12.0. The third-order valence-corrected chi connectivity index (χ3v) is 3.45. The molecule has 0 saturated heterocycles. The molecule has 2 N–H and O–H groups in total. The van der Waals surface area contributed by atoms with Gasteiger partial charge in [0, 0.05) is 24.8 Å². The van der Waals surface area contributed by atoms with Gasteiger partial charge in [0.2, 0.25) is 0 Å². The number of rotatable bonds is 7. The number of para-hydroxylation sites is 2. The maximum atomic E-state index is 12.4. The first-order valence-electron chi connectivity index (χ1n) is 7.84. The van der Waals surface area contributed by atoms with Gasteiger partial charge in [-0.2, -0.15) is 0 Å². The number of carbonyl (C=O) groups is 2. The lowest BCUT2D eigenvalue weighted by Gasteiger charge is -2.11. The molecular formula is C18H22N4O3. The summed E-state index contributed by atoms with van der Waals surface area (Å²) in [6.45, 7) is 1.26. The summed E-state index contributed by atoms with van der Waals surface area (Å²) in [5.74, 6) is -0.100. The summed E-state index contributed by atoms with van der Waals surface area (Å²) in [5, 5.41) is 5.54. The second-order valence-corrected chi connectivity index (χ2v) is 5.64. The molecule has 0 aliphatic heterocycles. The molecule has 0 saturated carbocycles. The van der Waals surface area contributed by atoms with Crippen molar-refractivity contribution >= 4 is 17.5 Å². The van der Waals surface area contributed by atoms with Crippen LogP contribution in [0.3, 0.4) is 0 Å². The van der Waals surface area contributed by atoms with Gasteiger partial charge in [-0.25, -0.2) is 0 Å². The molecule has 0 fully saturated rings. The summed E-state index contributed by atoms with van der Waals surface area (Å²) in [4.78, 5) is 30.6. The Labute approximate surface area is 147 Å². The number of hydrogen-bond donors (Lipinski definition) is 2. The van der Waals surface area contributed by atoms with E-state index in [1.54, 1.807) is 24.3 Å². The second-order valence-electron chi connectivity index (χ2n) is 5.64. The van der Waals surface area contributed by atoms with Gasteiger partial charge in [-0.1, -0.05) is 12.1 Å². The number of methoxy groups -OCH3 is 1. The van der Waals surface area contributed by atoms with Crippen molar-refractivity contribution in [3.63, 3.8) is 0 Å². The quantitative estimate of drug-likeness (QED) is 0.799. The number of benzene rings is 1. The van der Waals surface area contributed by atoms with E-state index in [1.165, 1.54) is 19.4 Å². The number of ether oxygens (including phenoxy) is 1. The van der Waals surface area contributed by atoms with Crippen LogP contribution in [0.15, 0.2) is 42.6 Å². The van der Waals surface area contributed by atoms with E-state index in [-0.39, 0.29) is 11.6 Å². The van der Waals surface area contributed by atoms with E-state index in [4.69, 9.17) is 4.74 Å². The van der Waals surface area contributed by atoms with Gasteiger partial charge in [-0.3, -0.25) is 14.6 Å². The highest BCUT2D eigenvalue weighted by Gasteiger charge is 2.13. The molecule has 1 heterocycles. The normalized spacial score (nSPS) is 10.4. The minimum Gasteiger partial charge on any atom is -0.495 e. The zero-order chi connectivity index (χ0) is 18.2.